The lowest BCUT2D eigenvalue weighted by Crippen LogP contribution is -2.56. The molecule has 5 heterocycles. The maximum atomic E-state index is 13.7. The van der Waals surface area contributed by atoms with Gasteiger partial charge in [-0.15, -0.1) is 0 Å². The first-order valence-electron chi connectivity index (χ1n) is 13.5. The number of halogens is 5. The molecule has 2 saturated heterocycles. The molecule has 0 bridgehead atoms. The Morgan fingerprint density at radius 2 is 1.95 bits per heavy atom. The van der Waals surface area contributed by atoms with Gasteiger partial charge in [0.25, 0.3) is 0 Å². The van der Waals surface area contributed by atoms with Crippen LogP contribution in [0, 0.1) is 11.3 Å². The van der Waals surface area contributed by atoms with Crippen LogP contribution in [0.15, 0.2) is 45.6 Å². The molecule has 3 atom stereocenters. The SMILES string of the molecule is O=C1C(CC(F)(F)F)CCC23C(Br)=CCN(Br)C=C2NN(CC(=O)N2CCC(n4c(=O)[nH]c5ncccc54)CC2)[C@H]13. The summed E-state index contributed by atoms with van der Waals surface area (Å²) in [7, 11) is 0. The zero-order valence-corrected chi connectivity index (χ0v) is 25.0. The van der Waals surface area contributed by atoms with Crippen molar-refractivity contribution < 1.29 is 22.8 Å². The first-order chi connectivity index (χ1) is 19.5. The van der Waals surface area contributed by atoms with E-state index in [1.54, 1.807) is 31.9 Å². The van der Waals surface area contributed by atoms with Gasteiger partial charge in [0.2, 0.25) is 5.91 Å². The van der Waals surface area contributed by atoms with E-state index < -0.39 is 35.8 Å². The fourth-order valence-electron chi connectivity index (χ4n) is 6.79. The van der Waals surface area contributed by atoms with E-state index in [9.17, 15) is 27.6 Å². The number of fused-ring (bicyclic) bond motifs is 1. The molecule has 1 aliphatic carbocycles. The van der Waals surface area contributed by atoms with Crippen LogP contribution in [0.2, 0.25) is 0 Å². The van der Waals surface area contributed by atoms with Crippen molar-refractivity contribution in [1.29, 1.82) is 0 Å². The van der Waals surface area contributed by atoms with Gasteiger partial charge < -0.3 is 14.3 Å². The van der Waals surface area contributed by atoms with Gasteiger partial charge in [-0.3, -0.25) is 19.1 Å². The normalized spacial score (nSPS) is 27.7. The number of rotatable bonds is 4. The molecule has 1 amide bonds. The molecular weight excluding hydrogens is 675 g/mol. The number of hydrogen-bond acceptors (Lipinski definition) is 7. The third-order valence-corrected chi connectivity index (χ3v) is 10.2. The van der Waals surface area contributed by atoms with Crippen LogP contribution in [0.3, 0.4) is 0 Å². The molecular formula is C26H28Br2F3N7O3. The average Bonchev–Trinajstić information content (AvgIpc) is 3.39. The summed E-state index contributed by atoms with van der Waals surface area (Å²) in [6.45, 7) is 1.11. The summed E-state index contributed by atoms with van der Waals surface area (Å²) >= 11 is 7.09. The molecule has 2 aromatic rings. The van der Waals surface area contributed by atoms with E-state index in [1.807, 2.05) is 12.1 Å². The average molecular weight is 703 g/mol. The van der Waals surface area contributed by atoms with Crippen LogP contribution < -0.4 is 11.1 Å². The number of nitrogens with zero attached hydrogens (tertiary/aromatic N) is 5. The lowest BCUT2D eigenvalue weighted by Gasteiger charge is -2.42. The smallest absolute Gasteiger partial charge is 0.341 e. The van der Waals surface area contributed by atoms with Crippen LogP contribution in [-0.4, -0.2) is 78.5 Å². The predicted octanol–water partition coefficient (Wildman–Crippen LogP) is 3.74. The quantitative estimate of drug-likeness (QED) is 0.468. The summed E-state index contributed by atoms with van der Waals surface area (Å²) in [4.78, 5) is 48.5. The Kier molecular flexibility index (Phi) is 7.34. The highest BCUT2D eigenvalue weighted by molar-refractivity contribution is 9.11. The monoisotopic (exact) mass is 701 g/mol. The number of hydrogen-bond donors (Lipinski definition) is 2. The zero-order chi connectivity index (χ0) is 29.1. The summed E-state index contributed by atoms with van der Waals surface area (Å²) in [5, 5.41) is 1.52. The molecule has 220 valence electrons. The third-order valence-electron chi connectivity index (χ3n) is 8.68. The molecule has 3 aliphatic heterocycles. The largest absolute Gasteiger partial charge is 0.389 e. The number of alkyl halides is 3. The van der Waals surface area contributed by atoms with E-state index in [-0.39, 0.29) is 30.6 Å². The Morgan fingerprint density at radius 3 is 2.68 bits per heavy atom. The van der Waals surface area contributed by atoms with E-state index in [4.69, 9.17) is 0 Å². The minimum Gasteiger partial charge on any atom is -0.341 e. The van der Waals surface area contributed by atoms with E-state index >= 15 is 0 Å². The second-order valence-electron chi connectivity index (χ2n) is 11.0. The number of nitrogens with one attached hydrogen (secondary N) is 2. The number of amides is 1. The van der Waals surface area contributed by atoms with Crippen molar-refractivity contribution in [1.82, 2.24) is 33.8 Å². The van der Waals surface area contributed by atoms with E-state index in [2.05, 4.69) is 47.5 Å². The van der Waals surface area contributed by atoms with Gasteiger partial charge in [0, 0.05) is 64.6 Å². The molecule has 1 spiro atoms. The summed E-state index contributed by atoms with van der Waals surface area (Å²) in [6.07, 6.45) is 1.18. The fourth-order valence-corrected chi connectivity index (χ4v) is 7.91. The maximum Gasteiger partial charge on any atom is 0.389 e. The van der Waals surface area contributed by atoms with E-state index in [1.165, 1.54) is 5.01 Å². The summed E-state index contributed by atoms with van der Waals surface area (Å²) in [5.41, 5.74) is 3.94. The highest BCUT2D eigenvalue weighted by Gasteiger charge is 2.61. The van der Waals surface area contributed by atoms with Crippen LogP contribution in [0.25, 0.3) is 11.2 Å². The van der Waals surface area contributed by atoms with E-state index in [0.717, 1.165) is 0 Å². The third kappa shape index (κ3) is 5.03. The van der Waals surface area contributed by atoms with Crippen molar-refractivity contribution in [2.75, 3.05) is 26.2 Å². The topological polar surface area (TPSA) is 107 Å². The molecule has 6 rings (SSSR count). The molecule has 2 unspecified atom stereocenters. The molecule has 10 nitrogen and oxygen atoms in total. The first-order valence-corrected chi connectivity index (χ1v) is 15.0. The second-order valence-corrected chi connectivity index (χ2v) is 12.8. The van der Waals surface area contributed by atoms with Gasteiger partial charge in [-0.1, -0.05) is 22.0 Å². The van der Waals surface area contributed by atoms with Crippen molar-refractivity contribution in [3.8, 4) is 0 Å². The molecule has 4 aliphatic rings. The Labute approximate surface area is 250 Å². The van der Waals surface area contributed by atoms with Gasteiger partial charge in [-0.2, -0.15) is 13.2 Å². The highest BCUT2D eigenvalue weighted by atomic mass is 79.9. The Balaban J connectivity index is 1.21. The predicted molar refractivity (Wildman–Crippen MR) is 150 cm³/mol. The van der Waals surface area contributed by atoms with Gasteiger partial charge in [-0.05, 0) is 37.8 Å². The number of likely N-dealkylation sites (tertiary alicyclic amines) is 1. The molecule has 0 radical (unpaired) electrons. The van der Waals surface area contributed by atoms with Gasteiger partial charge in [0.15, 0.2) is 11.4 Å². The number of piperidine rings is 1. The number of Topliss-reactive ketones (excluding diaryl/α,β-unsaturated/α-hetero) is 1. The number of pyridine rings is 1. The number of carbonyl (C=O) groups is 2. The minimum atomic E-state index is -4.47. The fraction of sp³-hybridized carbons (Fsp3) is 0.538. The molecule has 1 saturated carbocycles. The molecule has 41 heavy (non-hydrogen) atoms. The minimum absolute atomic E-state index is 0.0944. The Hall–Kier alpha value is -2.65. The molecule has 0 aromatic carbocycles. The van der Waals surface area contributed by atoms with Crippen molar-refractivity contribution >= 4 is 54.9 Å². The lowest BCUT2D eigenvalue weighted by atomic mass is 9.64. The van der Waals surface area contributed by atoms with Gasteiger partial charge in [-0.25, -0.2) is 14.8 Å². The second kappa shape index (κ2) is 10.6. The Morgan fingerprint density at radius 1 is 1.20 bits per heavy atom. The number of carbonyl (C=O) groups excluding carboxylic acids is 2. The molecule has 2 N–H and O–H groups in total. The number of ketones is 1. The Bertz CT molecular complexity index is 1500. The van der Waals surface area contributed by atoms with Crippen LogP contribution in [0.5, 0.6) is 0 Å². The molecule has 3 fully saturated rings. The van der Waals surface area contributed by atoms with Crippen LogP contribution >= 0.6 is 32.1 Å². The van der Waals surface area contributed by atoms with Crippen LogP contribution in [-0.2, 0) is 9.59 Å². The maximum absolute atomic E-state index is 13.7. The van der Waals surface area contributed by atoms with Crippen LogP contribution in [0.4, 0.5) is 13.2 Å². The summed E-state index contributed by atoms with van der Waals surface area (Å²) < 4.78 is 44.2. The molecule has 2 aromatic heterocycles. The van der Waals surface area contributed by atoms with Crippen LogP contribution in [0.1, 0.15) is 38.1 Å². The zero-order valence-electron chi connectivity index (χ0n) is 21.8. The molecule has 15 heteroatoms. The number of aromatic amines is 1. The standard InChI is InChI=1S/C26H28Br2F3N7O3/c27-18-6-11-36(28)13-19-25(18)7-3-15(12-26(29,30)31)21(40)22(25)37(34-19)14-20(39)35-9-4-16(5-10-35)38-17-2-1-8-32-23(17)33-24(38)41/h1-2,6,8,13,15-16,22,34H,3-5,7,9-12,14H2,(H,32,33,41)/t15?,22-,25?/m1/s1. The number of hydrazine groups is 1. The lowest BCUT2D eigenvalue weighted by molar-refractivity contribution is -0.161. The van der Waals surface area contributed by atoms with E-state index in [0.29, 0.717) is 60.2 Å². The number of aromatic nitrogens is 3. The number of H-pyrrole nitrogens is 1. The first kappa shape index (κ1) is 28.5. The van der Waals surface area contributed by atoms with Gasteiger partial charge in [0.05, 0.1) is 29.6 Å². The van der Waals surface area contributed by atoms with Crippen molar-refractivity contribution in [2.45, 2.75) is 50.4 Å². The van der Waals surface area contributed by atoms with Crippen molar-refractivity contribution in [3.63, 3.8) is 0 Å². The van der Waals surface area contributed by atoms with Gasteiger partial charge >= 0.3 is 11.9 Å². The summed E-state index contributed by atoms with van der Waals surface area (Å²) in [6, 6.07) is 2.52. The van der Waals surface area contributed by atoms with Crippen molar-refractivity contribution in [3.05, 3.63) is 51.3 Å². The highest BCUT2D eigenvalue weighted by Crippen LogP contribution is 2.56. The van der Waals surface area contributed by atoms with Crippen molar-refractivity contribution in [2.24, 2.45) is 11.3 Å². The van der Waals surface area contributed by atoms with Gasteiger partial charge in [0.1, 0.15) is 6.04 Å². The summed E-state index contributed by atoms with van der Waals surface area (Å²) in [5.74, 6) is -1.93. The number of imidazole rings is 1.